The molecule has 5 rings (SSSR count). The molecule has 3 aliphatic rings. The van der Waals surface area contributed by atoms with E-state index in [-0.39, 0.29) is 36.1 Å². The van der Waals surface area contributed by atoms with E-state index in [0.29, 0.717) is 11.1 Å². The highest BCUT2D eigenvalue weighted by molar-refractivity contribution is 6.24. The van der Waals surface area contributed by atoms with Crippen LogP contribution >= 0.6 is 0 Å². The van der Waals surface area contributed by atoms with Gasteiger partial charge in [0.05, 0.1) is 11.7 Å². The second-order valence-electron chi connectivity index (χ2n) is 11.2. The summed E-state index contributed by atoms with van der Waals surface area (Å²) in [5.74, 6) is -7.20. The minimum atomic E-state index is -2.60. The molecular formula is C29H32N2O7. The average Bonchev–Trinajstić information content (AvgIpc) is 2.80. The van der Waals surface area contributed by atoms with Gasteiger partial charge in [-0.1, -0.05) is 29.3 Å². The lowest BCUT2D eigenvalue weighted by atomic mass is 9.56. The van der Waals surface area contributed by atoms with Crippen LogP contribution in [-0.2, 0) is 20.8 Å². The summed E-state index contributed by atoms with van der Waals surface area (Å²) in [5, 5.41) is 44.9. The lowest BCUT2D eigenvalue weighted by Gasteiger charge is -2.48. The van der Waals surface area contributed by atoms with Crippen LogP contribution in [-0.4, -0.2) is 63.7 Å². The number of primary amides is 1. The molecule has 9 heteroatoms. The van der Waals surface area contributed by atoms with Crippen LogP contribution in [0.5, 0.6) is 5.75 Å². The van der Waals surface area contributed by atoms with Gasteiger partial charge in [0.1, 0.15) is 17.4 Å². The van der Waals surface area contributed by atoms with E-state index in [2.05, 4.69) is 0 Å². The maximum atomic E-state index is 13.8. The summed E-state index contributed by atoms with van der Waals surface area (Å²) in [4.78, 5) is 40.7. The van der Waals surface area contributed by atoms with Gasteiger partial charge in [-0.3, -0.25) is 14.4 Å². The van der Waals surface area contributed by atoms with Gasteiger partial charge in [0.15, 0.2) is 11.4 Å². The molecule has 2 unspecified atom stereocenters. The number of anilines is 1. The first-order valence-electron chi connectivity index (χ1n) is 12.6. The quantitative estimate of drug-likeness (QED) is 0.384. The summed E-state index contributed by atoms with van der Waals surface area (Å²) in [6.07, 6.45) is -1.17. The highest BCUT2D eigenvalue weighted by Crippen LogP contribution is 2.54. The second-order valence-corrected chi connectivity index (χ2v) is 11.2. The van der Waals surface area contributed by atoms with Gasteiger partial charge in [0, 0.05) is 36.8 Å². The monoisotopic (exact) mass is 520 g/mol. The number of hydrogen-bond donors (Lipinski definition) is 5. The number of aliphatic hydroxyl groups is 3. The number of phenols is 1. The average molecular weight is 521 g/mol. The number of aromatic hydroxyl groups is 1. The molecule has 2 aromatic carbocycles. The molecule has 5 atom stereocenters. The molecule has 2 fully saturated rings. The van der Waals surface area contributed by atoms with Crippen LogP contribution in [0.15, 0.2) is 29.8 Å². The molecule has 0 aromatic heterocycles. The number of amides is 1. The van der Waals surface area contributed by atoms with Crippen LogP contribution in [0.4, 0.5) is 5.69 Å². The van der Waals surface area contributed by atoms with Crippen LogP contribution in [0.1, 0.15) is 35.1 Å². The van der Waals surface area contributed by atoms with Gasteiger partial charge in [0.25, 0.3) is 0 Å². The summed E-state index contributed by atoms with van der Waals surface area (Å²) in [5.41, 5.74) is 7.23. The first-order valence-corrected chi connectivity index (χ1v) is 12.6. The Morgan fingerprint density at radius 2 is 1.68 bits per heavy atom. The predicted molar refractivity (Wildman–Crippen MR) is 140 cm³/mol. The second kappa shape index (κ2) is 8.68. The van der Waals surface area contributed by atoms with Crippen molar-refractivity contribution < 1.29 is 34.8 Å². The molecule has 2 aromatic rings. The number of Topliss-reactive ketones (excluding diaryl/α,β-unsaturated/α-hetero) is 2. The number of rotatable bonds is 3. The summed E-state index contributed by atoms with van der Waals surface area (Å²) in [6, 6.07) is 7.69. The maximum Gasteiger partial charge on any atom is 0.230 e. The first kappa shape index (κ1) is 25.9. The number of nitrogens with two attached hydrogens (primary N) is 1. The highest BCUT2D eigenvalue weighted by Gasteiger charge is 2.64. The van der Waals surface area contributed by atoms with Gasteiger partial charge < -0.3 is 31.1 Å². The number of ketones is 2. The number of carbonyl (C=O) groups excluding carboxylic acids is 3. The minimum absolute atomic E-state index is 0.0850. The number of benzene rings is 2. The molecule has 1 amide bonds. The smallest absolute Gasteiger partial charge is 0.230 e. The number of fused-ring (bicyclic) bond motifs is 3. The molecule has 38 heavy (non-hydrogen) atoms. The summed E-state index contributed by atoms with van der Waals surface area (Å²) >= 11 is 0. The lowest BCUT2D eigenvalue weighted by Crippen LogP contribution is -2.66. The summed E-state index contributed by atoms with van der Waals surface area (Å²) < 4.78 is 0. The normalized spacial score (nSPS) is 28.5. The number of nitrogens with zero attached hydrogens (tertiary/aromatic N) is 1. The van der Waals surface area contributed by atoms with E-state index in [1.54, 1.807) is 0 Å². The molecule has 2 saturated carbocycles. The van der Waals surface area contributed by atoms with Crippen molar-refractivity contribution in [1.82, 2.24) is 0 Å². The molecule has 0 aliphatic heterocycles. The Bertz CT molecular complexity index is 1420. The molecule has 0 radical (unpaired) electrons. The molecule has 200 valence electrons. The van der Waals surface area contributed by atoms with Crippen LogP contribution in [0.25, 0.3) is 16.9 Å². The third kappa shape index (κ3) is 3.56. The molecule has 0 saturated heterocycles. The number of aliphatic hydroxyl groups excluding tert-OH is 2. The predicted octanol–water partition coefficient (Wildman–Crippen LogP) is 1.94. The third-order valence-electron chi connectivity index (χ3n) is 8.38. The van der Waals surface area contributed by atoms with E-state index < -0.39 is 52.7 Å². The molecule has 0 heterocycles. The van der Waals surface area contributed by atoms with Crippen molar-refractivity contribution in [3.05, 3.63) is 52.1 Å². The summed E-state index contributed by atoms with van der Waals surface area (Å²) in [6.45, 7) is 3.89. The zero-order chi connectivity index (χ0) is 27.8. The van der Waals surface area contributed by atoms with E-state index in [4.69, 9.17) is 5.73 Å². The first-order chi connectivity index (χ1) is 17.8. The third-order valence-corrected chi connectivity index (χ3v) is 8.38. The van der Waals surface area contributed by atoms with Crippen molar-refractivity contribution in [2.75, 3.05) is 19.0 Å². The molecular weight excluding hydrogens is 488 g/mol. The van der Waals surface area contributed by atoms with Crippen molar-refractivity contribution in [1.29, 1.82) is 0 Å². The molecule has 3 aliphatic carbocycles. The Labute approximate surface area is 220 Å². The Morgan fingerprint density at radius 3 is 2.26 bits per heavy atom. The molecule has 0 spiro atoms. The Hall–Kier alpha value is -3.69. The fraction of sp³-hybridized carbons (Fsp3) is 0.414. The van der Waals surface area contributed by atoms with Crippen LogP contribution in [0.2, 0.25) is 0 Å². The summed E-state index contributed by atoms with van der Waals surface area (Å²) in [7, 11) is 3.69. The fourth-order valence-corrected chi connectivity index (χ4v) is 6.72. The van der Waals surface area contributed by atoms with Crippen molar-refractivity contribution in [2.24, 2.45) is 23.5 Å². The van der Waals surface area contributed by atoms with Gasteiger partial charge >= 0.3 is 0 Å². The fourth-order valence-electron chi connectivity index (χ4n) is 6.72. The van der Waals surface area contributed by atoms with Crippen molar-refractivity contribution in [2.45, 2.75) is 44.8 Å². The highest BCUT2D eigenvalue weighted by atomic mass is 16.3. The van der Waals surface area contributed by atoms with Gasteiger partial charge in [-0.2, -0.15) is 0 Å². The molecule has 0 bridgehead atoms. The zero-order valence-corrected chi connectivity index (χ0v) is 21.8. The van der Waals surface area contributed by atoms with E-state index in [0.717, 1.165) is 22.4 Å². The van der Waals surface area contributed by atoms with Crippen LogP contribution in [0, 0.1) is 31.6 Å². The topological polar surface area (TPSA) is 161 Å². The van der Waals surface area contributed by atoms with E-state index >= 15 is 0 Å². The van der Waals surface area contributed by atoms with Gasteiger partial charge in [0.2, 0.25) is 11.7 Å². The maximum absolute atomic E-state index is 13.8. The van der Waals surface area contributed by atoms with Crippen LogP contribution < -0.4 is 10.6 Å². The Morgan fingerprint density at radius 1 is 1.05 bits per heavy atom. The molecule has 6 N–H and O–H groups in total. The largest absolute Gasteiger partial charge is 0.507 e. The Balaban J connectivity index is 1.72. The van der Waals surface area contributed by atoms with Gasteiger partial charge in [-0.05, 0) is 56.2 Å². The van der Waals surface area contributed by atoms with Gasteiger partial charge in [-0.25, -0.2) is 0 Å². The molecule has 9 nitrogen and oxygen atoms in total. The van der Waals surface area contributed by atoms with E-state index in [1.807, 2.05) is 57.1 Å². The van der Waals surface area contributed by atoms with E-state index in [1.165, 1.54) is 0 Å². The van der Waals surface area contributed by atoms with Crippen LogP contribution in [0.3, 0.4) is 0 Å². The zero-order valence-electron chi connectivity index (χ0n) is 21.8. The Kier molecular flexibility index (Phi) is 5.92. The van der Waals surface area contributed by atoms with Crippen molar-refractivity contribution in [3.8, 4) is 16.9 Å². The van der Waals surface area contributed by atoms with E-state index in [9.17, 15) is 34.8 Å². The lowest BCUT2D eigenvalue weighted by molar-refractivity contribution is -0.174. The van der Waals surface area contributed by atoms with Gasteiger partial charge in [-0.15, -0.1) is 0 Å². The number of carbonyl (C=O) groups is 3. The van der Waals surface area contributed by atoms with Crippen molar-refractivity contribution >= 4 is 28.9 Å². The number of aryl methyl sites for hydroxylation is 2. The van der Waals surface area contributed by atoms with Crippen molar-refractivity contribution in [3.63, 3.8) is 0 Å². The minimum Gasteiger partial charge on any atom is -0.507 e. The number of hydrogen-bond acceptors (Lipinski definition) is 8. The SMILES string of the molecule is Cc1cc(C)cc(-c2cc(N(C)C)c3c(c2O)C(O)=C2C(=O)[C@]4(O)C(=O)C(C(N)=O)C(O)C[C@@H]4C[C@@H]2C3)c1. The standard InChI is InChI=1S/C29H32N2O7/c1-12-5-13(2)7-14(6-12)17-11-19(31(3)4)18-9-15-8-16-10-20(32)23(28(30)37)27(36)29(16,38)26(35)21(15)25(34)22(18)24(17)33/h5-7,11,15-16,20,23,32-34,38H,8-10H2,1-4H3,(H2,30,37)/t15-,16+,20?,23?,29+/m1/s1. The number of phenolic OH excluding ortho intramolecular Hbond substituents is 1.